The number of hydrogen-bond acceptors (Lipinski definition) is 6. The van der Waals surface area contributed by atoms with Gasteiger partial charge in [-0.25, -0.2) is 13.8 Å². The molecule has 0 radical (unpaired) electrons. The van der Waals surface area contributed by atoms with Gasteiger partial charge >= 0.3 is 0 Å². The van der Waals surface area contributed by atoms with Gasteiger partial charge in [-0.15, -0.1) is 10.2 Å². The number of hydrogen-bond donors (Lipinski definition) is 0. The zero-order valence-electron chi connectivity index (χ0n) is 19.6. The van der Waals surface area contributed by atoms with E-state index in [0.29, 0.717) is 37.6 Å². The van der Waals surface area contributed by atoms with Crippen LogP contribution in [0.25, 0.3) is 27.9 Å². The standard InChI is InChI=1S/C27H23FN6O2/c1-36-21-6-4-5-19(17-21)24-30-31-25-22-7-2-3-8-23(22)29-27(34(24)25)33-15-13-32(14-16-33)26(35)18-9-11-20(28)12-10-18/h2-12,17H,13-16H2,1H3. The first kappa shape index (κ1) is 22.0. The molecule has 1 saturated heterocycles. The molecule has 180 valence electrons. The second kappa shape index (κ2) is 8.92. The lowest BCUT2D eigenvalue weighted by molar-refractivity contribution is 0.0746. The van der Waals surface area contributed by atoms with Gasteiger partial charge in [0.05, 0.1) is 12.6 Å². The molecule has 0 aliphatic carbocycles. The molecule has 1 aliphatic rings. The SMILES string of the molecule is COc1cccc(-c2nnc3c4ccccc4nc(N4CCN(C(=O)c5ccc(F)cc5)CC4)n23)c1. The third kappa shape index (κ3) is 3.78. The van der Waals surface area contributed by atoms with E-state index in [0.717, 1.165) is 33.8 Å². The van der Waals surface area contributed by atoms with Gasteiger partial charge in [0, 0.05) is 42.7 Å². The molecule has 0 bridgehead atoms. The molecule has 1 amide bonds. The molecule has 0 atom stereocenters. The highest BCUT2D eigenvalue weighted by Crippen LogP contribution is 2.30. The van der Waals surface area contributed by atoms with Crippen LogP contribution in [0.15, 0.2) is 72.8 Å². The van der Waals surface area contributed by atoms with Crippen LogP contribution in [0.5, 0.6) is 5.75 Å². The number of halogens is 1. The Bertz CT molecular complexity index is 1580. The lowest BCUT2D eigenvalue weighted by Gasteiger charge is -2.35. The van der Waals surface area contributed by atoms with Crippen molar-refractivity contribution < 1.29 is 13.9 Å². The van der Waals surface area contributed by atoms with Crippen molar-refractivity contribution in [1.29, 1.82) is 0 Å². The quantitative estimate of drug-likeness (QED) is 0.385. The molecule has 0 saturated carbocycles. The molecular formula is C27H23FN6O2. The molecule has 2 aromatic heterocycles. The number of rotatable bonds is 4. The predicted octanol–water partition coefficient (Wildman–Crippen LogP) is 4.05. The van der Waals surface area contributed by atoms with E-state index in [1.165, 1.54) is 24.3 Å². The Morgan fingerprint density at radius 2 is 1.69 bits per heavy atom. The van der Waals surface area contributed by atoms with E-state index in [1.807, 2.05) is 52.9 Å². The summed E-state index contributed by atoms with van der Waals surface area (Å²) >= 11 is 0. The first-order valence-corrected chi connectivity index (χ1v) is 11.7. The van der Waals surface area contributed by atoms with Gasteiger partial charge in [-0.05, 0) is 48.5 Å². The van der Waals surface area contributed by atoms with Gasteiger partial charge in [-0.3, -0.25) is 4.79 Å². The molecule has 1 aliphatic heterocycles. The van der Waals surface area contributed by atoms with Crippen molar-refractivity contribution in [2.24, 2.45) is 0 Å². The fourth-order valence-corrected chi connectivity index (χ4v) is 4.61. The van der Waals surface area contributed by atoms with E-state index in [1.54, 1.807) is 12.0 Å². The molecule has 3 aromatic carbocycles. The molecule has 36 heavy (non-hydrogen) atoms. The maximum Gasteiger partial charge on any atom is 0.253 e. The summed E-state index contributed by atoms with van der Waals surface area (Å²) in [6.45, 7) is 2.21. The molecule has 6 rings (SSSR count). The van der Waals surface area contributed by atoms with Crippen molar-refractivity contribution in [2.75, 3.05) is 38.2 Å². The summed E-state index contributed by atoms with van der Waals surface area (Å²) in [6, 6.07) is 21.2. The molecule has 0 N–H and O–H groups in total. The van der Waals surface area contributed by atoms with Gasteiger partial charge in [0.1, 0.15) is 11.6 Å². The van der Waals surface area contributed by atoms with E-state index in [2.05, 4.69) is 15.1 Å². The third-order valence-electron chi connectivity index (χ3n) is 6.50. The average Bonchev–Trinajstić information content (AvgIpc) is 3.38. The molecule has 9 heteroatoms. The fraction of sp³-hybridized carbons (Fsp3) is 0.185. The van der Waals surface area contributed by atoms with E-state index in [-0.39, 0.29) is 11.7 Å². The van der Waals surface area contributed by atoms with Crippen molar-refractivity contribution in [2.45, 2.75) is 0 Å². The van der Waals surface area contributed by atoms with Gasteiger partial charge in [0.15, 0.2) is 11.5 Å². The number of anilines is 1. The van der Waals surface area contributed by atoms with Crippen LogP contribution in [0.3, 0.4) is 0 Å². The van der Waals surface area contributed by atoms with Crippen LogP contribution in [0.4, 0.5) is 10.3 Å². The van der Waals surface area contributed by atoms with Gasteiger partial charge < -0.3 is 14.5 Å². The van der Waals surface area contributed by atoms with Crippen molar-refractivity contribution in [3.05, 3.63) is 84.2 Å². The van der Waals surface area contributed by atoms with Crippen molar-refractivity contribution in [3.63, 3.8) is 0 Å². The number of ether oxygens (including phenoxy) is 1. The van der Waals surface area contributed by atoms with Crippen LogP contribution in [0.2, 0.25) is 0 Å². The number of nitrogens with zero attached hydrogens (tertiary/aromatic N) is 6. The monoisotopic (exact) mass is 482 g/mol. The second-order valence-electron chi connectivity index (χ2n) is 8.63. The molecule has 0 spiro atoms. The Labute approximate surface area is 206 Å². The number of aromatic nitrogens is 4. The van der Waals surface area contributed by atoms with Crippen LogP contribution in [0, 0.1) is 5.82 Å². The summed E-state index contributed by atoms with van der Waals surface area (Å²) in [7, 11) is 1.63. The van der Waals surface area contributed by atoms with E-state index in [9.17, 15) is 9.18 Å². The Hall–Kier alpha value is -4.53. The van der Waals surface area contributed by atoms with Crippen LogP contribution in [-0.2, 0) is 0 Å². The number of piperazine rings is 1. The summed E-state index contributed by atoms with van der Waals surface area (Å²) in [5.74, 6) is 1.66. The number of para-hydroxylation sites is 1. The summed E-state index contributed by atoms with van der Waals surface area (Å²) in [5.41, 5.74) is 2.90. The first-order valence-electron chi connectivity index (χ1n) is 11.7. The largest absolute Gasteiger partial charge is 0.497 e. The molecular weight excluding hydrogens is 459 g/mol. The lowest BCUT2D eigenvalue weighted by Crippen LogP contribution is -2.49. The van der Waals surface area contributed by atoms with Gasteiger partial charge in [0.2, 0.25) is 5.95 Å². The van der Waals surface area contributed by atoms with Crippen LogP contribution in [0.1, 0.15) is 10.4 Å². The molecule has 5 aromatic rings. The first-order chi connectivity index (χ1) is 17.6. The van der Waals surface area contributed by atoms with E-state index in [4.69, 9.17) is 9.72 Å². The number of methoxy groups -OCH3 is 1. The minimum absolute atomic E-state index is 0.104. The molecule has 8 nitrogen and oxygen atoms in total. The Kier molecular flexibility index (Phi) is 5.44. The number of carbonyl (C=O) groups is 1. The highest BCUT2D eigenvalue weighted by molar-refractivity contribution is 5.95. The van der Waals surface area contributed by atoms with Crippen LogP contribution < -0.4 is 9.64 Å². The van der Waals surface area contributed by atoms with Crippen LogP contribution in [-0.4, -0.2) is 63.7 Å². The Balaban J connectivity index is 1.38. The van der Waals surface area contributed by atoms with Crippen molar-refractivity contribution in [3.8, 4) is 17.1 Å². The smallest absolute Gasteiger partial charge is 0.253 e. The summed E-state index contributed by atoms with van der Waals surface area (Å²) in [6.07, 6.45) is 0. The number of benzene rings is 3. The third-order valence-corrected chi connectivity index (χ3v) is 6.50. The molecule has 0 unspecified atom stereocenters. The highest BCUT2D eigenvalue weighted by Gasteiger charge is 2.26. The minimum Gasteiger partial charge on any atom is -0.497 e. The fourth-order valence-electron chi connectivity index (χ4n) is 4.61. The lowest BCUT2D eigenvalue weighted by atomic mass is 10.1. The maximum atomic E-state index is 13.3. The van der Waals surface area contributed by atoms with Gasteiger partial charge in [-0.1, -0.05) is 24.3 Å². The summed E-state index contributed by atoms with van der Waals surface area (Å²) in [5, 5.41) is 9.98. The minimum atomic E-state index is -0.358. The number of fused-ring (bicyclic) bond motifs is 3. The van der Waals surface area contributed by atoms with E-state index >= 15 is 0 Å². The normalized spacial score (nSPS) is 13.9. The molecule has 1 fully saturated rings. The zero-order chi connectivity index (χ0) is 24.6. The highest BCUT2D eigenvalue weighted by atomic mass is 19.1. The average molecular weight is 483 g/mol. The van der Waals surface area contributed by atoms with Crippen LogP contribution >= 0.6 is 0 Å². The van der Waals surface area contributed by atoms with Gasteiger partial charge in [0.25, 0.3) is 5.91 Å². The topological polar surface area (TPSA) is 75.9 Å². The Morgan fingerprint density at radius 3 is 2.47 bits per heavy atom. The second-order valence-corrected chi connectivity index (χ2v) is 8.63. The predicted molar refractivity (Wildman–Crippen MR) is 135 cm³/mol. The number of amides is 1. The number of carbonyl (C=O) groups excluding carboxylic acids is 1. The Morgan fingerprint density at radius 1 is 0.917 bits per heavy atom. The summed E-state index contributed by atoms with van der Waals surface area (Å²) in [4.78, 5) is 21.9. The summed E-state index contributed by atoms with van der Waals surface area (Å²) < 4.78 is 20.7. The van der Waals surface area contributed by atoms with Gasteiger partial charge in [-0.2, -0.15) is 0 Å². The van der Waals surface area contributed by atoms with Crippen molar-refractivity contribution in [1.82, 2.24) is 24.5 Å². The zero-order valence-corrected chi connectivity index (χ0v) is 19.6. The molecule has 3 heterocycles. The maximum absolute atomic E-state index is 13.3. The van der Waals surface area contributed by atoms with E-state index < -0.39 is 0 Å². The van der Waals surface area contributed by atoms with Crippen molar-refractivity contribution >= 4 is 28.4 Å².